The molecule has 1 spiro atoms. The van der Waals surface area contributed by atoms with Crippen molar-refractivity contribution in [3.05, 3.63) is 41.7 Å². The van der Waals surface area contributed by atoms with Gasteiger partial charge in [-0.2, -0.15) is 5.26 Å². The summed E-state index contributed by atoms with van der Waals surface area (Å²) in [7, 11) is 1.65. The Morgan fingerprint density at radius 1 is 1.31 bits per heavy atom. The van der Waals surface area contributed by atoms with Crippen molar-refractivity contribution in [2.75, 3.05) is 7.11 Å². The molecule has 1 aromatic heterocycles. The zero-order chi connectivity index (χ0) is 18.2. The number of amides is 1. The maximum Gasteiger partial charge on any atom is 0.229 e. The first-order valence-corrected chi connectivity index (χ1v) is 9.13. The number of nitrogens with two attached hydrogens (primary N) is 1. The quantitative estimate of drug-likeness (QED) is 0.921. The lowest BCUT2D eigenvalue weighted by atomic mass is 9.63. The number of nitrogens with zero attached hydrogens (tertiary/aromatic N) is 2. The third-order valence-electron chi connectivity index (χ3n) is 7.09. The molecule has 1 atom stereocenters. The van der Waals surface area contributed by atoms with Gasteiger partial charge in [0.1, 0.15) is 0 Å². The number of fused-ring (bicyclic) bond motifs is 1. The molecule has 26 heavy (non-hydrogen) atoms. The van der Waals surface area contributed by atoms with E-state index >= 15 is 0 Å². The fourth-order valence-electron chi connectivity index (χ4n) is 4.94. The van der Waals surface area contributed by atoms with Gasteiger partial charge in [0.25, 0.3) is 0 Å². The molecule has 1 aromatic carbocycles. The van der Waals surface area contributed by atoms with Gasteiger partial charge in [0.2, 0.25) is 5.91 Å². The van der Waals surface area contributed by atoms with E-state index in [2.05, 4.69) is 23.2 Å². The molecular weight excluding hydrogens is 326 g/mol. The average molecular weight is 347 g/mol. The van der Waals surface area contributed by atoms with E-state index in [9.17, 15) is 10.1 Å². The summed E-state index contributed by atoms with van der Waals surface area (Å²) in [6.07, 6.45) is 6.28. The number of methoxy groups -OCH3 is 1. The molecule has 5 rings (SSSR count). The van der Waals surface area contributed by atoms with Crippen molar-refractivity contribution in [1.29, 1.82) is 5.26 Å². The van der Waals surface area contributed by atoms with Crippen LogP contribution >= 0.6 is 0 Å². The van der Waals surface area contributed by atoms with E-state index < -0.39 is 5.41 Å². The summed E-state index contributed by atoms with van der Waals surface area (Å²) < 4.78 is 5.35. The van der Waals surface area contributed by atoms with Crippen molar-refractivity contribution >= 4 is 16.7 Å². The number of primary amides is 1. The lowest BCUT2D eigenvalue weighted by Crippen LogP contribution is -2.54. The van der Waals surface area contributed by atoms with Crippen LogP contribution in [0.15, 0.2) is 30.5 Å². The lowest BCUT2D eigenvalue weighted by molar-refractivity contribution is -0.133. The first-order valence-electron chi connectivity index (χ1n) is 9.13. The zero-order valence-electron chi connectivity index (χ0n) is 14.8. The number of nitriles is 1. The number of rotatable bonds is 4. The molecule has 3 saturated carbocycles. The fourth-order valence-corrected chi connectivity index (χ4v) is 4.94. The molecule has 5 heteroatoms. The first-order chi connectivity index (χ1) is 12.5. The van der Waals surface area contributed by atoms with Crippen LogP contribution in [0.4, 0.5) is 0 Å². The number of hydrogen-bond donors (Lipinski definition) is 1. The molecule has 1 amide bonds. The lowest BCUT2D eigenvalue weighted by Gasteiger charge is -2.43. The monoisotopic (exact) mass is 347 g/mol. The normalized spacial score (nSPS) is 33.5. The summed E-state index contributed by atoms with van der Waals surface area (Å²) in [5.41, 5.74) is 6.71. The maximum absolute atomic E-state index is 12.2. The molecule has 0 aliphatic heterocycles. The second-order valence-corrected chi connectivity index (χ2v) is 8.32. The minimum Gasteiger partial charge on any atom is -0.381 e. The Morgan fingerprint density at radius 2 is 2.08 bits per heavy atom. The largest absolute Gasteiger partial charge is 0.381 e. The van der Waals surface area contributed by atoms with E-state index in [-0.39, 0.29) is 22.8 Å². The van der Waals surface area contributed by atoms with Crippen molar-refractivity contribution < 1.29 is 9.53 Å². The van der Waals surface area contributed by atoms with Crippen molar-refractivity contribution in [1.82, 2.24) is 4.98 Å². The molecule has 0 saturated heterocycles. The fraction of sp³-hybridized carbons (Fsp3) is 0.476. The number of ether oxygens (including phenoxy) is 1. The van der Waals surface area contributed by atoms with Crippen LogP contribution < -0.4 is 5.73 Å². The molecule has 0 radical (unpaired) electrons. The summed E-state index contributed by atoms with van der Waals surface area (Å²) in [6.45, 7) is 0. The summed E-state index contributed by atoms with van der Waals surface area (Å²) >= 11 is 0. The van der Waals surface area contributed by atoms with Crippen molar-refractivity contribution in [3.63, 3.8) is 0 Å². The van der Waals surface area contributed by atoms with Crippen LogP contribution in [0.25, 0.3) is 10.8 Å². The number of hydrogen-bond acceptors (Lipinski definition) is 4. The predicted molar refractivity (Wildman–Crippen MR) is 96.2 cm³/mol. The molecule has 3 fully saturated rings. The molecule has 0 bridgehead atoms. The van der Waals surface area contributed by atoms with Crippen LogP contribution in [-0.2, 0) is 20.4 Å². The van der Waals surface area contributed by atoms with Crippen molar-refractivity contribution in [3.8, 4) is 6.07 Å². The summed E-state index contributed by atoms with van der Waals surface area (Å²) in [6, 6.07) is 10.8. The minimum absolute atomic E-state index is 0.0504. The van der Waals surface area contributed by atoms with Crippen LogP contribution in [0.3, 0.4) is 0 Å². The highest BCUT2D eigenvalue weighted by Crippen LogP contribution is 2.78. The third-order valence-corrected chi connectivity index (χ3v) is 7.09. The van der Waals surface area contributed by atoms with Crippen molar-refractivity contribution in [2.24, 2.45) is 11.1 Å². The smallest absolute Gasteiger partial charge is 0.229 e. The summed E-state index contributed by atoms with van der Waals surface area (Å²) in [4.78, 5) is 16.7. The summed E-state index contributed by atoms with van der Waals surface area (Å²) in [5.74, 6) is -0.346. The van der Waals surface area contributed by atoms with Crippen LogP contribution in [0.2, 0.25) is 0 Å². The molecule has 3 aliphatic carbocycles. The van der Waals surface area contributed by atoms with Crippen LogP contribution in [0.1, 0.15) is 43.4 Å². The van der Waals surface area contributed by atoms with E-state index in [4.69, 9.17) is 10.5 Å². The van der Waals surface area contributed by atoms with E-state index in [1.165, 1.54) is 0 Å². The van der Waals surface area contributed by atoms with E-state index in [0.717, 1.165) is 35.6 Å². The van der Waals surface area contributed by atoms with E-state index in [0.29, 0.717) is 18.5 Å². The molecule has 1 unspecified atom stereocenters. The van der Waals surface area contributed by atoms with Crippen LogP contribution in [0.5, 0.6) is 0 Å². The van der Waals surface area contributed by atoms with E-state index in [1.54, 1.807) is 13.3 Å². The van der Waals surface area contributed by atoms with Gasteiger partial charge in [-0.1, -0.05) is 12.1 Å². The average Bonchev–Trinajstić information content (AvgIpc) is 3.52. The number of aromatic nitrogens is 1. The maximum atomic E-state index is 12.2. The molecule has 132 valence electrons. The van der Waals surface area contributed by atoms with Crippen molar-refractivity contribution in [2.45, 2.75) is 49.0 Å². The molecule has 2 N–H and O–H groups in total. The Hall–Kier alpha value is -2.45. The van der Waals surface area contributed by atoms with Crippen LogP contribution in [0, 0.1) is 16.7 Å². The van der Waals surface area contributed by atoms with Crippen LogP contribution in [-0.4, -0.2) is 24.1 Å². The second-order valence-electron chi connectivity index (χ2n) is 8.32. The summed E-state index contributed by atoms with van der Waals surface area (Å²) in [5, 5.41) is 11.8. The van der Waals surface area contributed by atoms with Gasteiger partial charge < -0.3 is 10.5 Å². The predicted octanol–water partition coefficient (Wildman–Crippen LogP) is 2.71. The van der Waals surface area contributed by atoms with Gasteiger partial charge in [-0.15, -0.1) is 0 Å². The number of pyridine rings is 1. The van der Waals surface area contributed by atoms with Gasteiger partial charge in [0, 0.05) is 18.7 Å². The minimum atomic E-state index is -0.741. The third kappa shape index (κ3) is 1.83. The number of carbonyl (C=O) groups is 1. The van der Waals surface area contributed by atoms with E-state index in [1.807, 2.05) is 12.1 Å². The Kier molecular flexibility index (Phi) is 2.93. The standard InChI is InChI=1S/C21H21N3O2/c1-26-16-8-20(9-16,18(23)25)17-7-14-6-15(3-2-13(14)10-24-17)21(12-22)11-19(21)4-5-19/h2-3,6-7,10,16H,4-5,8-9,11H2,1H3,(H2,23,25). The SMILES string of the molecule is COC1CC(C(N)=O)(c2cc3cc(C4(C#N)CC45CC5)ccc3cn2)C1. The zero-order valence-corrected chi connectivity index (χ0v) is 14.8. The highest BCUT2D eigenvalue weighted by molar-refractivity contribution is 5.90. The van der Waals surface area contributed by atoms with Gasteiger partial charge in [-0.3, -0.25) is 9.78 Å². The van der Waals surface area contributed by atoms with Gasteiger partial charge in [0.15, 0.2) is 0 Å². The molecule has 1 heterocycles. The van der Waals surface area contributed by atoms with Gasteiger partial charge >= 0.3 is 0 Å². The highest BCUT2D eigenvalue weighted by Gasteiger charge is 2.75. The Bertz CT molecular complexity index is 982. The molecule has 2 aromatic rings. The highest BCUT2D eigenvalue weighted by atomic mass is 16.5. The second kappa shape index (κ2) is 4.83. The number of carbonyl (C=O) groups excluding carboxylic acids is 1. The Labute approximate surface area is 152 Å². The first kappa shape index (κ1) is 15.8. The molecular formula is C21H21N3O2. The Balaban J connectivity index is 1.57. The molecule has 3 aliphatic rings. The topological polar surface area (TPSA) is 89.0 Å². The van der Waals surface area contributed by atoms with Gasteiger partial charge in [-0.25, -0.2) is 0 Å². The van der Waals surface area contributed by atoms with Gasteiger partial charge in [-0.05, 0) is 60.6 Å². The van der Waals surface area contributed by atoms with Gasteiger partial charge in [0.05, 0.1) is 28.7 Å². The number of benzene rings is 1. The Morgan fingerprint density at radius 3 is 2.65 bits per heavy atom. The molecule has 5 nitrogen and oxygen atoms in total.